The van der Waals surface area contributed by atoms with Crippen molar-refractivity contribution < 1.29 is 32.4 Å². The topological polar surface area (TPSA) is 145 Å². The summed E-state index contributed by atoms with van der Waals surface area (Å²) in [7, 11) is -2.27. The zero-order valence-corrected chi connectivity index (χ0v) is 19.4. The van der Waals surface area contributed by atoms with Gasteiger partial charge >= 0.3 is 5.97 Å². The molecule has 0 bridgehead atoms. The zero-order valence-electron chi connectivity index (χ0n) is 17.8. The average Bonchev–Trinajstić information content (AvgIpc) is 3.27. The van der Waals surface area contributed by atoms with Gasteiger partial charge in [0.1, 0.15) is 9.96 Å². The van der Waals surface area contributed by atoms with Crippen LogP contribution in [-0.4, -0.2) is 56.3 Å². The molecule has 1 N–H and O–H groups in total. The number of piperidine rings is 1. The Balaban J connectivity index is 1.53. The van der Waals surface area contributed by atoms with Crippen molar-refractivity contribution in [1.29, 1.82) is 0 Å². The number of nitro benzene ring substituents is 1. The molecule has 1 aromatic carbocycles. The van der Waals surface area contributed by atoms with E-state index in [1.165, 1.54) is 29.6 Å². The van der Waals surface area contributed by atoms with Gasteiger partial charge in [0.15, 0.2) is 6.61 Å². The van der Waals surface area contributed by atoms with E-state index < -0.39 is 33.4 Å². The highest BCUT2D eigenvalue weighted by molar-refractivity contribution is 7.91. The van der Waals surface area contributed by atoms with Crippen molar-refractivity contribution >= 4 is 44.6 Å². The van der Waals surface area contributed by atoms with Crippen molar-refractivity contribution in [3.63, 3.8) is 0 Å². The van der Waals surface area contributed by atoms with Crippen LogP contribution in [0.3, 0.4) is 0 Å². The Morgan fingerprint density at radius 1 is 1.18 bits per heavy atom. The Morgan fingerprint density at radius 2 is 1.91 bits per heavy atom. The highest BCUT2D eigenvalue weighted by Gasteiger charge is 2.27. The number of esters is 1. The van der Waals surface area contributed by atoms with E-state index in [2.05, 4.69) is 5.32 Å². The van der Waals surface area contributed by atoms with Gasteiger partial charge in [-0.05, 0) is 31.0 Å². The summed E-state index contributed by atoms with van der Waals surface area (Å²) in [6, 6.07) is 6.71. The molecule has 0 unspecified atom stereocenters. The summed E-state index contributed by atoms with van der Waals surface area (Å²) in [6.45, 7) is 0.405. The van der Waals surface area contributed by atoms with Gasteiger partial charge in [0.25, 0.3) is 21.6 Å². The lowest BCUT2D eigenvalue weighted by Crippen LogP contribution is -2.35. The summed E-state index contributed by atoms with van der Waals surface area (Å²) in [5.74, 6) is -1.26. The fraction of sp³-hybridized carbons (Fsp3) is 0.400. The number of carbonyl (C=O) groups is 2. The molecular formula is C20H23N3O8S2. The quantitative estimate of drug-likeness (QED) is 0.316. The number of nitrogens with one attached hydrogen (secondary N) is 1. The zero-order chi connectivity index (χ0) is 24.0. The van der Waals surface area contributed by atoms with Gasteiger partial charge in [0.05, 0.1) is 30.2 Å². The number of nitrogens with zero attached hydrogens (tertiary/aromatic N) is 2. The number of hydrogen-bond acceptors (Lipinski definition) is 9. The lowest BCUT2D eigenvalue weighted by atomic mass is 10.2. The van der Waals surface area contributed by atoms with E-state index in [0.717, 1.165) is 36.7 Å². The molecule has 178 valence electrons. The molecule has 1 aromatic heterocycles. The predicted molar refractivity (Wildman–Crippen MR) is 120 cm³/mol. The van der Waals surface area contributed by atoms with Gasteiger partial charge in [-0.1, -0.05) is 6.42 Å². The minimum Gasteiger partial charge on any atom is -0.494 e. The number of amides is 1. The molecule has 11 nitrogen and oxygen atoms in total. The van der Waals surface area contributed by atoms with Gasteiger partial charge in [-0.25, -0.2) is 8.42 Å². The minimum atomic E-state index is -3.57. The Kier molecular flexibility index (Phi) is 8.00. The lowest BCUT2D eigenvalue weighted by molar-refractivity contribution is -0.384. The third-order valence-corrected chi connectivity index (χ3v) is 8.35. The molecule has 3 rings (SSSR count). The number of sulfonamides is 1. The number of non-ortho nitro benzene ring substituents is 1. The summed E-state index contributed by atoms with van der Waals surface area (Å²) >= 11 is 1.00. The Hall–Kier alpha value is -3.03. The van der Waals surface area contributed by atoms with Crippen LogP contribution in [0.4, 0.5) is 11.4 Å². The molecule has 1 amide bonds. The second-order valence-electron chi connectivity index (χ2n) is 7.21. The van der Waals surface area contributed by atoms with Crippen LogP contribution in [0, 0.1) is 10.1 Å². The maximum atomic E-state index is 12.7. The van der Waals surface area contributed by atoms with Crippen LogP contribution < -0.4 is 10.1 Å². The van der Waals surface area contributed by atoms with Crippen LogP contribution in [0.25, 0.3) is 0 Å². The van der Waals surface area contributed by atoms with E-state index in [1.54, 1.807) is 6.07 Å². The molecule has 2 heterocycles. The number of nitro groups is 1. The predicted octanol–water partition coefficient (Wildman–Crippen LogP) is 2.56. The minimum absolute atomic E-state index is 0.0879. The SMILES string of the molecule is COc1cc([N+](=O)[O-])ccc1NC(=O)COC(=O)Cc1ccc(S(=O)(=O)N2CCCCC2)s1. The standard InChI is InChI=1S/C20H23N3O8S2/c1-30-17-11-14(23(26)27)5-7-16(17)21-18(24)13-31-19(25)12-15-6-8-20(32-15)33(28,29)22-9-3-2-4-10-22/h5-8,11H,2-4,9-10,12-13H2,1H3,(H,21,24). The van der Waals surface area contributed by atoms with Gasteiger partial charge in [0.2, 0.25) is 0 Å². The van der Waals surface area contributed by atoms with Crippen LogP contribution in [0.1, 0.15) is 24.1 Å². The van der Waals surface area contributed by atoms with Crippen LogP contribution in [0.15, 0.2) is 34.5 Å². The highest BCUT2D eigenvalue weighted by Crippen LogP contribution is 2.29. The van der Waals surface area contributed by atoms with Gasteiger partial charge < -0.3 is 14.8 Å². The van der Waals surface area contributed by atoms with Crippen molar-refractivity contribution in [2.45, 2.75) is 29.9 Å². The van der Waals surface area contributed by atoms with Crippen molar-refractivity contribution in [3.8, 4) is 5.75 Å². The number of carbonyl (C=O) groups excluding carboxylic acids is 2. The fourth-order valence-electron chi connectivity index (χ4n) is 3.25. The molecule has 0 saturated carbocycles. The maximum absolute atomic E-state index is 12.7. The van der Waals surface area contributed by atoms with E-state index in [-0.39, 0.29) is 27.8 Å². The van der Waals surface area contributed by atoms with Crippen molar-refractivity contribution in [2.75, 3.05) is 32.1 Å². The summed E-state index contributed by atoms with van der Waals surface area (Å²) < 4.78 is 37.1. The molecule has 1 fully saturated rings. The van der Waals surface area contributed by atoms with E-state index in [9.17, 15) is 28.1 Å². The largest absolute Gasteiger partial charge is 0.494 e. The third kappa shape index (κ3) is 6.27. The monoisotopic (exact) mass is 497 g/mol. The smallest absolute Gasteiger partial charge is 0.311 e. The first-order valence-electron chi connectivity index (χ1n) is 10.1. The van der Waals surface area contributed by atoms with Gasteiger partial charge in [-0.2, -0.15) is 4.31 Å². The van der Waals surface area contributed by atoms with E-state index in [4.69, 9.17) is 9.47 Å². The molecule has 33 heavy (non-hydrogen) atoms. The Bertz CT molecular complexity index is 1140. The summed E-state index contributed by atoms with van der Waals surface area (Å²) in [5, 5.41) is 13.3. The maximum Gasteiger partial charge on any atom is 0.311 e. The summed E-state index contributed by atoms with van der Waals surface area (Å²) in [4.78, 5) is 35.0. The van der Waals surface area contributed by atoms with Crippen LogP contribution in [-0.2, 0) is 30.8 Å². The molecule has 1 saturated heterocycles. The van der Waals surface area contributed by atoms with E-state index >= 15 is 0 Å². The number of ether oxygens (including phenoxy) is 2. The second-order valence-corrected chi connectivity index (χ2v) is 10.5. The molecule has 1 aliphatic rings. The number of methoxy groups -OCH3 is 1. The lowest BCUT2D eigenvalue weighted by Gasteiger charge is -2.25. The molecular weight excluding hydrogens is 474 g/mol. The summed E-state index contributed by atoms with van der Waals surface area (Å²) in [5.41, 5.74) is -0.0103. The number of anilines is 1. The Labute approximate surface area is 194 Å². The third-order valence-electron chi connectivity index (χ3n) is 4.90. The second kappa shape index (κ2) is 10.7. The van der Waals surface area contributed by atoms with Crippen LogP contribution in [0.2, 0.25) is 0 Å². The average molecular weight is 498 g/mol. The molecule has 1 aliphatic heterocycles. The molecule has 0 spiro atoms. The number of hydrogen-bond donors (Lipinski definition) is 1. The molecule has 13 heteroatoms. The van der Waals surface area contributed by atoms with Crippen molar-refractivity contribution in [3.05, 3.63) is 45.3 Å². The summed E-state index contributed by atoms with van der Waals surface area (Å²) in [6.07, 6.45) is 2.50. The number of thiophene rings is 1. The Morgan fingerprint density at radius 3 is 2.58 bits per heavy atom. The van der Waals surface area contributed by atoms with E-state index in [0.29, 0.717) is 18.0 Å². The first-order valence-corrected chi connectivity index (χ1v) is 12.3. The fourth-order valence-corrected chi connectivity index (χ4v) is 6.26. The molecule has 0 atom stereocenters. The van der Waals surface area contributed by atoms with Gasteiger partial charge in [-0.3, -0.25) is 19.7 Å². The molecule has 0 radical (unpaired) electrons. The molecule has 0 aliphatic carbocycles. The normalized spacial score (nSPS) is 14.5. The van der Waals surface area contributed by atoms with Crippen molar-refractivity contribution in [2.24, 2.45) is 0 Å². The van der Waals surface area contributed by atoms with Crippen LogP contribution in [0.5, 0.6) is 5.75 Å². The van der Waals surface area contributed by atoms with Crippen LogP contribution >= 0.6 is 11.3 Å². The van der Waals surface area contributed by atoms with Gasteiger partial charge in [0, 0.05) is 24.0 Å². The molecule has 2 aromatic rings. The number of benzene rings is 1. The highest BCUT2D eigenvalue weighted by atomic mass is 32.2. The van der Waals surface area contributed by atoms with Crippen molar-refractivity contribution in [1.82, 2.24) is 4.31 Å². The van der Waals surface area contributed by atoms with Gasteiger partial charge in [-0.15, -0.1) is 11.3 Å². The number of rotatable bonds is 9. The van der Waals surface area contributed by atoms with E-state index in [1.807, 2.05) is 0 Å². The first kappa shape index (κ1) is 24.6. The first-order chi connectivity index (χ1) is 15.7.